The number of thiophene rings is 1. The van der Waals surface area contributed by atoms with Crippen LogP contribution in [0.4, 0.5) is 0 Å². The molecule has 1 aliphatic rings. The minimum atomic E-state index is -0.0663. The Balaban J connectivity index is 1.57. The zero-order valence-corrected chi connectivity index (χ0v) is 23.6. The molecule has 2 aromatic carbocycles. The van der Waals surface area contributed by atoms with Crippen molar-refractivity contribution in [3.8, 4) is 5.69 Å². The quantitative estimate of drug-likeness (QED) is 0.211. The third-order valence-electron chi connectivity index (χ3n) is 6.70. The van der Waals surface area contributed by atoms with Gasteiger partial charge in [-0.3, -0.25) is 4.79 Å². The summed E-state index contributed by atoms with van der Waals surface area (Å²) >= 11 is 15.5. The van der Waals surface area contributed by atoms with Crippen molar-refractivity contribution in [3.05, 3.63) is 84.4 Å². The predicted molar refractivity (Wildman–Crippen MR) is 152 cm³/mol. The average Bonchev–Trinajstić information content (AvgIpc) is 3.46. The van der Waals surface area contributed by atoms with Gasteiger partial charge in [0.15, 0.2) is 5.16 Å². The molecule has 10 heteroatoms. The van der Waals surface area contributed by atoms with Crippen molar-refractivity contribution in [2.75, 3.05) is 0 Å². The van der Waals surface area contributed by atoms with Crippen LogP contribution in [0.5, 0.6) is 0 Å². The van der Waals surface area contributed by atoms with Gasteiger partial charge in [-0.15, -0.1) is 21.5 Å². The molecule has 0 spiro atoms. The molecule has 0 saturated heterocycles. The molecule has 6 rings (SSSR count). The van der Waals surface area contributed by atoms with Crippen LogP contribution in [-0.2, 0) is 23.5 Å². The van der Waals surface area contributed by atoms with Crippen LogP contribution >= 0.6 is 46.3 Å². The topological polar surface area (TPSA) is 61.4 Å². The number of hydrogen-bond acceptors (Lipinski definition) is 6. The second kappa shape index (κ2) is 9.75. The summed E-state index contributed by atoms with van der Waals surface area (Å²) in [6.45, 7) is 6.84. The molecular weight excluding hydrogens is 547 g/mol. The van der Waals surface area contributed by atoms with Gasteiger partial charge in [-0.05, 0) is 53.8 Å². The zero-order chi connectivity index (χ0) is 25.8. The smallest absolute Gasteiger partial charge is 0.268 e. The molecule has 1 aliphatic heterocycles. The van der Waals surface area contributed by atoms with Gasteiger partial charge >= 0.3 is 0 Å². The Hall–Kier alpha value is -2.36. The Bertz CT molecular complexity index is 1720. The van der Waals surface area contributed by atoms with Crippen molar-refractivity contribution in [2.24, 2.45) is 5.92 Å². The van der Waals surface area contributed by atoms with E-state index >= 15 is 0 Å². The van der Waals surface area contributed by atoms with Crippen molar-refractivity contribution >= 4 is 62.3 Å². The van der Waals surface area contributed by atoms with Gasteiger partial charge in [0.05, 0.1) is 33.8 Å². The summed E-state index contributed by atoms with van der Waals surface area (Å²) in [7, 11) is 0. The first-order valence-electron chi connectivity index (χ1n) is 12.0. The molecule has 37 heavy (non-hydrogen) atoms. The van der Waals surface area contributed by atoms with Crippen molar-refractivity contribution in [2.45, 2.75) is 50.8 Å². The molecule has 0 N–H and O–H groups in total. The van der Waals surface area contributed by atoms with Crippen molar-refractivity contribution in [3.63, 3.8) is 0 Å². The van der Waals surface area contributed by atoms with E-state index in [1.807, 2.05) is 47.7 Å². The Labute approximate surface area is 232 Å². The fourth-order valence-corrected chi connectivity index (χ4v) is 7.23. The van der Waals surface area contributed by atoms with Gasteiger partial charge in [0.25, 0.3) is 5.56 Å². The maximum absolute atomic E-state index is 14.1. The summed E-state index contributed by atoms with van der Waals surface area (Å²) in [4.78, 5) is 16.1. The van der Waals surface area contributed by atoms with E-state index in [1.54, 1.807) is 33.7 Å². The number of hydrogen-bond donors (Lipinski definition) is 0. The van der Waals surface area contributed by atoms with E-state index in [0.29, 0.717) is 39.3 Å². The molecule has 1 unspecified atom stereocenters. The van der Waals surface area contributed by atoms with Crippen molar-refractivity contribution in [1.29, 1.82) is 0 Å². The number of aryl methyl sites for hydroxylation is 1. The van der Waals surface area contributed by atoms with Crippen LogP contribution in [0.3, 0.4) is 0 Å². The number of thioether (sulfide) groups is 1. The van der Waals surface area contributed by atoms with E-state index in [4.69, 9.17) is 27.9 Å². The molecule has 0 bridgehead atoms. The fourth-order valence-electron chi connectivity index (χ4n) is 4.74. The van der Waals surface area contributed by atoms with Crippen LogP contribution in [-0.4, -0.2) is 25.3 Å². The number of ether oxygens (including phenoxy) is 1. The van der Waals surface area contributed by atoms with Gasteiger partial charge in [0.2, 0.25) is 5.78 Å². The number of rotatable bonds is 5. The highest BCUT2D eigenvalue weighted by Crippen LogP contribution is 2.38. The van der Waals surface area contributed by atoms with Crippen molar-refractivity contribution < 1.29 is 4.74 Å². The second-order valence-electron chi connectivity index (χ2n) is 9.62. The molecule has 5 aromatic rings. The summed E-state index contributed by atoms with van der Waals surface area (Å²) in [6.07, 6.45) is 0.798. The van der Waals surface area contributed by atoms with Gasteiger partial charge in [0.1, 0.15) is 4.83 Å². The lowest BCUT2D eigenvalue weighted by Crippen LogP contribution is -2.28. The number of aromatic nitrogens is 4. The van der Waals surface area contributed by atoms with E-state index in [9.17, 15) is 4.79 Å². The zero-order valence-electron chi connectivity index (χ0n) is 20.5. The van der Waals surface area contributed by atoms with Crippen LogP contribution in [0.1, 0.15) is 35.4 Å². The summed E-state index contributed by atoms with van der Waals surface area (Å²) < 4.78 is 9.86. The van der Waals surface area contributed by atoms with Gasteiger partial charge < -0.3 is 4.74 Å². The lowest BCUT2D eigenvalue weighted by atomic mass is 9.96. The monoisotopic (exact) mass is 570 g/mol. The van der Waals surface area contributed by atoms with Crippen molar-refractivity contribution in [1.82, 2.24) is 19.2 Å². The van der Waals surface area contributed by atoms with Crippen LogP contribution in [0.25, 0.3) is 21.7 Å². The predicted octanol–water partition coefficient (Wildman–Crippen LogP) is 7.10. The molecule has 1 atom stereocenters. The molecule has 190 valence electrons. The average molecular weight is 572 g/mol. The van der Waals surface area contributed by atoms with E-state index in [0.717, 1.165) is 43.9 Å². The maximum Gasteiger partial charge on any atom is 0.268 e. The van der Waals surface area contributed by atoms with E-state index in [2.05, 4.69) is 24.0 Å². The molecule has 0 amide bonds. The van der Waals surface area contributed by atoms with E-state index < -0.39 is 0 Å². The highest BCUT2D eigenvalue weighted by Gasteiger charge is 2.30. The number of halogens is 2. The highest BCUT2D eigenvalue weighted by molar-refractivity contribution is 7.98. The molecule has 0 fully saturated rings. The first-order valence-corrected chi connectivity index (χ1v) is 14.6. The Kier molecular flexibility index (Phi) is 6.57. The van der Waals surface area contributed by atoms with Gasteiger partial charge in [-0.2, -0.15) is 0 Å². The molecular formula is C27H24Cl2N4O2S2. The van der Waals surface area contributed by atoms with Gasteiger partial charge in [-0.1, -0.05) is 67.0 Å². The van der Waals surface area contributed by atoms with Crippen LogP contribution in [0.2, 0.25) is 10.0 Å². The Morgan fingerprint density at radius 1 is 1.16 bits per heavy atom. The van der Waals surface area contributed by atoms with Crippen LogP contribution in [0, 0.1) is 12.8 Å². The lowest BCUT2D eigenvalue weighted by molar-refractivity contribution is 0.00200. The third kappa shape index (κ3) is 4.38. The number of nitrogens with zero attached hydrogens (tertiary/aromatic N) is 4. The second-order valence-corrected chi connectivity index (χ2v) is 12.5. The van der Waals surface area contributed by atoms with Gasteiger partial charge in [-0.25, -0.2) is 8.97 Å². The summed E-state index contributed by atoms with van der Waals surface area (Å²) in [5.74, 6) is 1.49. The number of benzene rings is 2. The maximum atomic E-state index is 14.1. The lowest BCUT2D eigenvalue weighted by Gasteiger charge is -2.26. The molecule has 3 aromatic heterocycles. The van der Waals surface area contributed by atoms with E-state index in [-0.39, 0.29) is 11.7 Å². The van der Waals surface area contributed by atoms with E-state index in [1.165, 1.54) is 0 Å². The molecule has 0 aliphatic carbocycles. The largest absolute Gasteiger partial charge is 0.372 e. The summed E-state index contributed by atoms with van der Waals surface area (Å²) in [6, 6.07) is 13.5. The third-order valence-corrected chi connectivity index (χ3v) is 9.63. The molecule has 6 nitrogen and oxygen atoms in total. The summed E-state index contributed by atoms with van der Waals surface area (Å²) in [5, 5.41) is 11.5. The SMILES string of the molecule is Cc1cccc(-n2c(=O)c3c4c(sc3n3c(SCc5ccc(Cl)c(Cl)c5)nnc23)COC(C(C)C)C4)c1. The highest BCUT2D eigenvalue weighted by atomic mass is 35.5. The fraction of sp³-hybridized carbons (Fsp3) is 0.296. The molecule has 0 radical (unpaired) electrons. The Morgan fingerprint density at radius 2 is 2.00 bits per heavy atom. The first-order chi connectivity index (χ1) is 17.8. The Morgan fingerprint density at radius 3 is 2.76 bits per heavy atom. The van der Waals surface area contributed by atoms with Gasteiger partial charge in [0, 0.05) is 17.1 Å². The minimum Gasteiger partial charge on any atom is -0.372 e. The normalized spacial score (nSPS) is 15.7. The number of fused-ring (bicyclic) bond motifs is 5. The van der Waals surface area contributed by atoms with Crippen LogP contribution in [0.15, 0.2) is 52.4 Å². The minimum absolute atomic E-state index is 0.0663. The summed E-state index contributed by atoms with van der Waals surface area (Å²) in [5.41, 5.74) is 3.89. The first kappa shape index (κ1) is 24.9. The standard InChI is InChI=1S/C27H24Cl2N4O2S2/c1-14(2)21-11-18-22(12-35-21)37-25-23(18)24(34)32(17-6-4-5-15(3)9-17)26-30-31-27(33(25)26)36-13-16-7-8-19(28)20(29)10-16/h4-10,14,21H,11-13H2,1-3H3. The van der Waals surface area contributed by atoms with Crippen LogP contribution < -0.4 is 5.56 Å². The molecule has 4 heterocycles. The molecule has 0 saturated carbocycles.